The highest BCUT2D eigenvalue weighted by molar-refractivity contribution is 5.98. The molecule has 1 N–H and O–H groups in total. The predicted octanol–water partition coefficient (Wildman–Crippen LogP) is 3.50. The lowest BCUT2D eigenvalue weighted by molar-refractivity contribution is -0.199. The van der Waals surface area contributed by atoms with Crippen molar-refractivity contribution in [2.75, 3.05) is 37.7 Å². The lowest BCUT2D eigenvalue weighted by Gasteiger charge is -2.30. The van der Waals surface area contributed by atoms with Crippen molar-refractivity contribution >= 4 is 29.7 Å². The molecule has 12 heteroatoms. The second-order valence-electron chi connectivity index (χ2n) is 8.64. The Bertz CT molecular complexity index is 1410. The summed E-state index contributed by atoms with van der Waals surface area (Å²) in [5.74, 6) is -3.32. The van der Waals surface area contributed by atoms with E-state index in [1.54, 1.807) is 24.3 Å². The van der Waals surface area contributed by atoms with Gasteiger partial charge in [0.25, 0.3) is 5.91 Å². The quantitative estimate of drug-likeness (QED) is 0.509. The summed E-state index contributed by atoms with van der Waals surface area (Å²) in [6, 6.07) is 9.22. The zero-order chi connectivity index (χ0) is 26.9. The number of carbonyl (C=O) groups is 2. The van der Waals surface area contributed by atoms with Gasteiger partial charge in [-0.1, -0.05) is 6.07 Å². The van der Waals surface area contributed by atoms with Crippen molar-refractivity contribution in [3.05, 3.63) is 70.9 Å². The van der Waals surface area contributed by atoms with E-state index >= 15 is 0 Å². The topological polar surface area (TPSA) is 85.7 Å². The number of benzene rings is 1. The number of halogens is 4. The second kappa shape index (κ2) is 10.3. The average Bonchev–Trinajstić information content (AvgIpc) is 3.27. The Hall–Kier alpha value is -4.19. The Balaban J connectivity index is 1.51. The molecule has 4 heterocycles. The molecule has 0 bridgehead atoms. The van der Waals surface area contributed by atoms with E-state index in [4.69, 9.17) is 4.74 Å². The van der Waals surface area contributed by atoms with Crippen LogP contribution in [-0.2, 0) is 16.0 Å². The van der Waals surface area contributed by atoms with Gasteiger partial charge in [-0.15, -0.1) is 0 Å². The van der Waals surface area contributed by atoms with Crippen molar-refractivity contribution in [1.29, 1.82) is 0 Å². The lowest BCUT2D eigenvalue weighted by atomic mass is 10.1. The highest BCUT2D eigenvalue weighted by atomic mass is 19.4. The number of rotatable bonds is 5. The molecule has 2 aliphatic heterocycles. The maximum absolute atomic E-state index is 14.8. The number of hydrogen-bond acceptors (Lipinski definition) is 6. The van der Waals surface area contributed by atoms with Gasteiger partial charge in [-0.05, 0) is 42.5 Å². The number of aromatic nitrogens is 2. The summed E-state index contributed by atoms with van der Waals surface area (Å²) in [6.07, 6.45) is -0.487. The molecule has 38 heavy (non-hydrogen) atoms. The molecule has 5 rings (SSSR count). The maximum atomic E-state index is 14.8. The molecule has 2 aliphatic rings. The SMILES string of the molecule is O=C1NCCc2c1cc(-c1ccnc(C=Cc3c(F)cccc3N3CCOCC3)c1)n2OC(=O)C(F)(F)F. The Morgan fingerprint density at radius 3 is 2.68 bits per heavy atom. The highest BCUT2D eigenvalue weighted by Crippen LogP contribution is 2.30. The number of amides is 1. The van der Waals surface area contributed by atoms with Crippen molar-refractivity contribution in [2.24, 2.45) is 0 Å². The number of anilines is 1. The third-order valence-corrected chi connectivity index (χ3v) is 6.23. The first-order chi connectivity index (χ1) is 18.2. The molecule has 198 valence electrons. The lowest BCUT2D eigenvalue weighted by Crippen LogP contribution is -2.37. The molecule has 0 atom stereocenters. The number of fused-ring (bicyclic) bond motifs is 1. The molecule has 8 nitrogen and oxygen atoms in total. The van der Waals surface area contributed by atoms with E-state index in [-0.39, 0.29) is 29.9 Å². The van der Waals surface area contributed by atoms with Crippen LogP contribution >= 0.6 is 0 Å². The maximum Gasteiger partial charge on any atom is 0.493 e. The van der Waals surface area contributed by atoms with Crippen LogP contribution in [0.4, 0.5) is 23.2 Å². The molecular weight excluding hydrogens is 508 g/mol. The molecule has 1 aromatic carbocycles. The zero-order valence-corrected chi connectivity index (χ0v) is 19.9. The fraction of sp³-hybridized carbons (Fsp3) is 0.269. The van der Waals surface area contributed by atoms with E-state index in [1.807, 2.05) is 11.0 Å². The van der Waals surface area contributed by atoms with Crippen LogP contribution in [0.2, 0.25) is 0 Å². The van der Waals surface area contributed by atoms with Crippen LogP contribution in [0.5, 0.6) is 0 Å². The summed E-state index contributed by atoms with van der Waals surface area (Å²) in [6.45, 7) is 2.47. The summed E-state index contributed by atoms with van der Waals surface area (Å²) in [7, 11) is 0. The third-order valence-electron chi connectivity index (χ3n) is 6.23. The van der Waals surface area contributed by atoms with Gasteiger partial charge in [-0.3, -0.25) is 9.78 Å². The van der Waals surface area contributed by atoms with Gasteiger partial charge < -0.3 is 19.8 Å². The highest BCUT2D eigenvalue weighted by Gasteiger charge is 2.43. The van der Waals surface area contributed by atoms with Gasteiger partial charge in [0.15, 0.2) is 0 Å². The summed E-state index contributed by atoms with van der Waals surface area (Å²) < 4.78 is 59.9. The van der Waals surface area contributed by atoms with Crippen LogP contribution in [0.25, 0.3) is 23.4 Å². The molecule has 1 amide bonds. The van der Waals surface area contributed by atoms with Gasteiger partial charge in [-0.25, -0.2) is 9.18 Å². The zero-order valence-electron chi connectivity index (χ0n) is 19.9. The third kappa shape index (κ3) is 5.12. The fourth-order valence-electron chi connectivity index (χ4n) is 4.43. The van der Waals surface area contributed by atoms with Crippen molar-refractivity contribution in [2.45, 2.75) is 12.6 Å². The largest absolute Gasteiger partial charge is 0.493 e. The number of nitrogens with zero attached hydrogens (tertiary/aromatic N) is 3. The Labute approximate surface area is 214 Å². The van der Waals surface area contributed by atoms with Crippen LogP contribution in [0.3, 0.4) is 0 Å². The normalized spacial score (nSPS) is 15.9. The van der Waals surface area contributed by atoms with Crippen LogP contribution in [0.1, 0.15) is 27.3 Å². The van der Waals surface area contributed by atoms with Gasteiger partial charge in [0.1, 0.15) is 5.82 Å². The Morgan fingerprint density at radius 2 is 1.92 bits per heavy atom. The number of pyridine rings is 1. The molecule has 3 aromatic rings. The fourth-order valence-corrected chi connectivity index (χ4v) is 4.43. The van der Waals surface area contributed by atoms with Gasteiger partial charge in [0.2, 0.25) is 0 Å². The number of hydrogen-bond donors (Lipinski definition) is 1. The monoisotopic (exact) mass is 530 g/mol. The first-order valence-corrected chi connectivity index (χ1v) is 11.8. The van der Waals surface area contributed by atoms with Crippen molar-refractivity contribution < 1.29 is 36.7 Å². The smallest absolute Gasteiger partial charge is 0.378 e. The van der Waals surface area contributed by atoms with E-state index < -0.39 is 23.9 Å². The van der Waals surface area contributed by atoms with Crippen LogP contribution in [0, 0.1) is 5.82 Å². The van der Waals surface area contributed by atoms with E-state index in [1.165, 1.54) is 24.4 Å². The molecule has 0 unspecified atom stereocenters. The number of morpholine rings is 1. The first-order valence-electron chi connectivity index (χ1n) is 11.8. The molecule has 0 radical (unpaired) electrons. The van der Waals surface area contributed by atoms with E-state index in [0.717, 1.165) is 4.73 Å². The molecule has 2 aromatic heterocycles. The number of carbonyl (C=O) groups excluding carboxylic acids is 2. The minimum atomic E-state index is -5.23. The first kappa shape index (κ1) is 25.5. The van der Waals surface area contributed by atoms with E-state index in [0.29, 0.717) is 48.8 Å². The van der Waals surface area contributed by atoms with Crippen molar-refractivity contribution in [3.8, 4) is 11.3 Å². The van der Waals surface area contributed by atoms with E-state index in [2.05, 4.69) is 15.1 Å². The van der Waals surface area contributed by atoms with Gasteiger partial charge in [-0.2, -0.15) is 17.9 Å². The van der Waals surface area contributed by atoms with Crippen LogP contribution < -0.4 is 15.1 Å². The van der Waals surface area contributed by atoms with Crippen molar-refractivity contribution in [3.63, 3.8) is 0 Å². The molecule has 0 aliphatic carbocycles. The van der Waals surface area contributed by atoms with Gasteiger partial charge >= 0.3 is 12.1 Å². The van der Waals surface area contributed by atoms with Gasteiger partial charge in [0, 0.05) is 49.1 Å². The van der Waals surface area contributed by atoms with E-state index in [9.17, 15) is 27.2 Å². The molecule has 1 fully saturated rings. The summed E-state index contributed by atoms with van der Waals surface area (Å²) >= 11 is 0. The number of ether oxygens (including phenoxy) is 1. The molecule has 1 saturated heterocycles. The molecule has 0 saturated carbocycles. The summed E-state index contributed by atoms with van der Waals surface area (Å²) in [5, 5.41) is 2.62. The number of nitrogens with one attached hydrogen (secondary N) is 1. The predicted molar refractivity (Wildman–Crippen MR) is 130 cm³/mol. The minimum Gasteiger partial charge on any atom is -0.378 e. The Morgan fingerprint density at radius 1 is 1.13 bits per heavy atom. The average molecular weight is 530 g/mol. The molecule has 0 spiro atoms. The molecular formula is C26H22F4N4O4. The Kier molecular flexibility index (Phi) is 6.89. The van der Waals surface area contributed by atoms with Crippen LogP contribution in [0.15, 0.2) is 42.6 Å². The van der Waals surface area contributed by atoms with Gasteiger partial charge in [0.05, 0.1) is 35.9 Å². The second-order valence-corrected chi connectivity index (χ2v) is 8.64. The van der Waals surface area contributed by atoms with Crippen LogP contribution in [-0.4, -0.2) is 60.6 Å². The number of alkyl halides is 3. The minimum absolute atomic E-state index is 0.0709. The summed E-state index contributed by atoms with van der Waals surface area (Å²) in [4.78, 5) is 35.0. The van der Waals surface area contributed by atoms with Crippen molar-refractivity contribution in [1.82, 2.24) is 15.0 Å². The summed E-state index contributed by atoms with van der Waals surface area (Å²) in [5.41, 5.74) is 2.10. The standard InChI is InChI=1S/C26H22F4N4O4/c27-20-2-1-3-21(33-10-12-37-13-11-33)18(20)5-4-17-14-16(6-8-31-17)23-15-19-22(7-9-32-24(19)35)34(23)38-25(36)26(28,29)30/h1-6,8,14-15H,7,9-13H2,(H,32,35).